The van der Waals surface area contributed by atoms with Crippen molar-refractivity contribution in [1.82, 2.24) is 23.9 Å². The lowest BCUT2D eigenvalue weighted by atomic mass is 10.0. The molecule has 6 heteroatoms. The van der Waals surface area contributed by atoms with Gasteiger partial charge in [-0.15, -0.1) is 0 Å². The minimum Gasteiger partial charge on any atom is -0.308 e. The highest BCUT2D eigenvalue weighted by molar-refractivity contribution is 6.37. The summed E-state index contributed by atoms with van der Waals surface area (Å²) in [7, 11) is 0. The number of aromatic nitrogens is 5. The highest BCUT2D eigenvalue weighted by Gasteiger charge is 2.26. The minimum absolute atomic E-state index is 0.554. The first-order valence-electron chi connectivity index (χ1n) is 15.9. The zero-order valence-corrected chi connectivity index (χ0v) is 25.4. The molecule has 5 heterocycles. The number of fused-ring (bicyclic) bond motifs is 13. The summed E-state index contributed by atoms with van der Waals surface area (Å²) in [5.41, 5.74) is 8.63. The fourth-order valence-electron chi connectivity index (χ4n) is 7.95. The van der Waals surface area contributed by atoms with Crippen LogP contribution in [0, 0.1) is 11.3 Å². The topological polar surface area (TPSA) is 71.8 Å². The van der Waals surface area contributed by atoms with Crippen molar-refractivity contribution in [3.05, 3.63) is 139 Å². The Labute approximate surface area is 272 Å². The second-order valence-electron chi connectivity index (χ2n) is 12.4. The van der Waals surface area contributed by atoms with Gasteiger partial charge in [0.25, 0.3) is 0 Å². The highest BCUT2D eigenvalue weighted by Crippen LogP contribution is 2.47. The lowest BCUT2D eigenvalue weighted by molar-refractivity contribution is 1.01. The Morgan fingerprint density at radius 1 is 0.542 bits per heavy atom. The normalized spacial score (nSPS) is 12.1. The average Bonchev–Trinajstić information content (AvgIpc) is 3.79. The van der Waals surface area contributed by atoms with E-state index in [2.05, 4.69) is 106 Å². The summed E-state index contributed by atoms with van der Waals surface area (Å²) in [5.74, 6) is 0.554. The molecule has 0 unspecified atom stereocenters. The zero-order chi connectivity index (χ0) is 31.5. The molecule has 0 saturated heterocycles. The Kier molecular flexibility index (Phi) is 4.82. The number of hydrogen-bond acceptors (Lipinski definition) is 4. The molecular formula is C42H22N6. The third-order valence-electron chi connectivity index (χ3n) is 9.93. The van der Waals surface area contributed by atoms with Crippen molar-refractivity contribution in [2.45, 2.75) is 0 Å². The molecule has 0 aliphatic heterocycles. The van der Waals surface area contributed by atoms with Crippen LogP contribution in [-0.2, 0) is 0 Å². The van der Waals surface area contributed by atoms with Crippen molar-refractivity contribution in [3.63, 3.8) is 0 Å². The lowest BCUT2D eigenvalue weighted by Crippen LogP contribution is -2.04. The average molecular weight is 611 g/mol. The summed E-state index contributed by atoms with van der Waals surface area (Å²) in [5, 5.41) is 19.8. The fraction of sp³-hybridized carbons (Fsp3) is 0. The van der Waals surface area contributed by atoms with Gasteiger partial charge in [-0.1, -0.05) is 84.9 Å². The van der Waals surface area contributed by atoms with Gasteiger partial charge in [0.15, 0.2) is 5.65 Å². The third-order valence-corrected chi connectivity index (χ3v) is 9.93. The molecular weight excluding hydrogens is 589 g/mol. The number of para-hydroxylation sites is 2. The maximum absolute atomic E-state index is 9.47. The first-order chi connectivity index (χ1) is 23.8. The van der Waals surface area contributed by atoms with Crippen LogP contribution in [0.4, 0.5) is 0 Å². The molecule has 0 saturated carbocycles. The fourth-order valence-corrected chi connectivity index (χ4v) is 7.95. The SMILES string of the molecule is N#Cc1ccc(-c2nc(-n3c4cc5c6ccccc6n6c7ccccc7c(c4c4ccc7ccccc7c43)c56)nc3ncccc23)cc1. The first kappa shape index (κ1) is 25.4. The zero-order valence-electron chi connectivity index (χ0n) is 25.4. The molecule has 0 radical (unpaired) electrons. The number of pyridine rings is 1. The molecule has 11 rings (SSSR count). The summed E-state index contributed by atoms with van der Waals surface area (Å²) in [4.78, 5) is 15.2. The second-order valence-corrected chi connectivity index (χ2v) is 12.4. The molecule has 0 atom stereocenters. The second kappa shape index (κ2) is 9.12. The van der Waals surface area contributed by atoms with Crippen molar-refractivity contribution in [3.8, 4) is 23.3 Å². The van der Waals surface area contributed by atoms with Gasteiger partial charge in [0.2, 0.25) is 5.95 Å². The van der Waals surface area contributed by atoms with Gasteiger partial charge >= 0.3 is 0 Å². The van der Waals surface area contributed by atoms with Crippen LogP contribution < -0.4 is 0 Å². The quantitative estimate of drug-likeness (QED) is 0.195. The number of nitriles is 1. The summed E-state index contributed by atoms with van der Waals surface area (Å²) in [6.45, 7) is 0. The number of hydrogen-bond donors (Lipinski definition) is 0. The van der Waals surface area contributed by atoms with Crippen LogP contribution >= 0.6 is 0 Å². The van der Waals surface area contributed by atoms with Crippen molar-refractivity contribution in [1.29, 1.82) is 5.26 Å². The van der Waals surface area contributed by atoms with Crippen LogP contribution in [0.2, 0.25) is 0 Å². The Morgan fingerprint density at radius 3 is 2.10 bits per heavy atom. The number of rotatable bonds is 2. The monoisotopic (exact) mass is 610 g/mol. The molecule has 0 aliphatic rings. The standard InChI is InChI=1S/C42H22N6/c43-23-24-15-17-26(18-16-24)38-31-12-7-21-44-41(31)46-42(45-38)48-35-22-32-28-10-3-5-13-33(28)47-34-14-6-4-11-29(34)37(40(32)47)36(35)30-20-19-25-8-1-2-9-27(25)39(30)48/h1-22H. The van der Waals surface area contributed by atoms with E-state index >= 15 is 0 Å². The van der Waals surface area contributed by atoms with Crippen LogP contribution in [0.5, 0.6) is 0 Å². The third kappa shape index (κ3) is 3.17. The van der Waals surface area contributed by atoms with E-state index in [1.54, 1.807) is 6.20 Å². The minimum atomic E-state index is 0.554. The van der Waals surface area contributed by atoms with Crippen LogP contribution in [0.3, 0.4) is 0 Å². The molecule has 48 heavy (non-hydrogen) atoms. The van der Waals surface area contributed by atoms with E-state index in [4.69, 9.17) is 15.0 Å². The van der Waals surface area contributed by atoms with Crippen LogP contribution in [0.15, 0.2) is 134 Å². The Balaban J connectivity index is 1.39. The molecule has 220 valence electrons. The van der Waals surface area contributed by atoms with Gasteiger partial charge in [0, 0.05) is 54.9 Å². The van der Waals surface area contributed by atoms with E-state index in [-0.39, 0.29) is 0 Å². The Morgan fingerprint density at radius 2 is 1.27 bits per heavy atom. The Hall–Kier alpha value is -6.84. The highest BCUT2D eigenvalue weighted by atomic mass is 15.2. The van der Waals surface area contributed by atoms with Gasteiger partial charge in [-0.25, -0.2) is 9.97 Å². The maximum atomic E-state index is 9.47. The summed E-state index contributed by atoms with van der Waals surface area (Å²) in [6.07, 6.45) is 1.78. The molecule has 0 spiro atoms. The van der Waals surface area contributed by atoms with Gasteiger partial charge in [0.05, 0.1) is 44.9 Å². The van der Waals surface area contributed by atoms with E-state index < -0.39 is 0 Å². The molecule has 5 aromatic heterocycles. The number of benzene rings is 6. The molecule has 0 N–H and O–H groups in total. The molecule has 6 aromatic carbocycles. The van der Waals surface area contributed by atoms with Crippen molar-refractivity contribution in [2.24, 2.45) is 0 Å². The molecule has 0 amide bonds. The lowest BCUT2D eigenvalue weighted by Gasteiger charge is -2.12. The van der Waals surface area contributed by atoms with Crippen molar-refractivity contribution in [2.75, 3.05) is 0 Å². The molecule has 0 bridgehead atoms. The predicted octanol–water partition coefficient (Wildman–Crippen LogP) is 9.96. The van der Waals surface area contributed by atoms with E-state index in [0.29, 0.717) is 17.2 Å². The maximum Gasteiger partial charge on any atom is 0.237 e. The molecule has 11 aromatic rings. The molecule has 6 nitrogen and oxygen atoms in total. The summed E-state index contributed by atoms with van der Waals surface area (Å²) < 4.78 is 4.68. The van der Waals surface area contributed by atoms with Gasteiger partial charge in [-0.3, -0.25) is 4.57 Å². The van der Waals surface area contributed by atoms with Gasteiger partial charge in [0.1, 0.15) is 0 Å². The van der Waals surface area contributed by atoms with Crippen molar-refractivity contribution >= 4 is 81.7 Å². The van der Waals surface area contributed by atoms with Crippen LogP contribution in [-0.4, -0.2) is 23.9 Å². The summed E-state index contributed by atoms with van der Waals surface area (Å²) >= 11 is 0. The van der Waals surface area contributed by atoms with Crippen LogP contribution in [0.25, 0.3) is 98.9 Å². The predicted molar refractivity (Wildman–Crippen MR) is 194 cm³/mol. The summed E-state index contributed by atoms with van der Waals surface area (Å²) in [6, 6.07) is 46.5. The van der Waals surface area contributed by atoms with Crippen LogP contribution in [0.1, 0.15) is 5.56 Å². The van der Waals surface area contributed by atoms with E-state index in [9.17, 15) is 5.26 Å². The van der Waals surface area contributed by atoms with E-state index in [0.717, 1.165) is 43.8 Å². The molecule has 0 fully saturated rings. The van der Waals surface area contributed by atoms with E-state index in [1.807, 2.05) is 36.4 Å². The molecule has 0 aliphatic carbocycles. The largest absolute Gasteiger partial charge is 0.308 e. The smallest absolute Gasteiger partial charge is 0.237 e. The van der Waals surface area contributed by atoms with Gasteiger partial charge in [-0.2, -0.15) is 10.2 Å². The van der Waals surface area contributed by atoms with E-state index in [1.165, 1.54) is 43.5 Å². The Bertz CT molecular complexity index is 3180. The first-order valence-corrected chi connectivity index (χ1v) is 15.9. The van der Waals surface area contributed by atoms with Gasteiger partial charge < -0.3 is 4.40 Å². The number of nitrogens with zero attached hydrogens (tertiary/aromatic N) is 6. The van der Waals surface area contributed by atoms with Gasteiger partial charge in [-0.05, 0) is 47.9 Å². The van der Waals surface area contributed by atoms with Crippen molar-refractivity contribution < 1.29 is 0 Å².